The molecule has 1 aromatic carbocycles. The van der Waals surface area contributed by atoms with E-state index in [2.05, 4.69) is 4.98 Å². The smallest absolute Gasteiger partial charge is 0.322 e. The molecule has 0 aliphatic rings. The van der Waals surface area contributed by atoms with Crippen molar-refractivity contribution in [2.24, 2.45) is 0 Å². The molecule has 100 valence electrons. The zero-order chi connectivity index (χ0) is 14.2. The van der Waals surface area contributed by atoms with Crippen molar-refractivity contribution in [3.63, 3.8) is 0 Å². The Hall–Kier alpha value is -2.11. The van der Waals surface area contributed by atoms with E-state index in [0.29, 0.717) is 11.6 Å². The Balaban J connectivity index is 2.59. The van der Waals surface area contributed by atoms with Crippen molar-refractivity contribution < 1.29 is 17.6 Å². The van der Waals surface area contributed by atoms with Crippen molar-refractivity contribution >= 4 is 0 Å². The number of aromatic nitrogens is 1. The number of nitrogens with one attached hydrogen (secondary N) is 1. The monoisotopic (exact) mass is 271 g/mol. The second-order valence-electron chi connectivity index (χ2n) is 4.11. The average molecular weight is 271 g/mol. The average Bonchev–Trinajstić information content (AvgIpc) is 2.31. The summed E-state index contributed by atoms with van der Waals surface area (Å²) in [5, 5.41) is 0. The molecule has 2 nitrogen and oxygen atoms in total. The predicted molar refractivity (Wildman–Crippen MR) is 62.2 cm³/mol. The number of aryl methyl sites for hydroxylation is 1. The van der Waals surface area contributed by atoms with Gasteiger partial charge >= 0.3 is 6.18 Å². The van der Waals surface area contributed by atoms with E-state index in [1.807, 2.05) is 0 Å². The van der Waals surface area contributed by atoms with E-state index in [0.717, 1.165) is 12.1 Å². The molecule has 19 heavy (non-hydrogen) atoms. The molecule has 6 heteroatoms. The fraction of sp³-hybridized carbons (Fsp3) is 0.154. The van der Waals surface area contributed by atoms with Crippen LogP contribution in [0.15, 0.2) is 35.1 Å². The van der Waals surface area contributed by atoms with Gasteiger partial charge < -0.3 is 4.98 Å². The number of benzene rings is 1. The van der Waals surface area contributed by atoms with Crippen molar-refractivity contribution in [1.82, 2.24) is 4.98 Å². The largest absolute Gasteiger partial charge is 0.416 e. The Morgan fingerprint density at radius 3 is 2.37 bits per heavy atom. The lowest BCUT2D eigenvalue weighted by Gasteiger charge is -2.09. The minimum absolute atomic E-state index is 0.0706. The number of hydrogen-bond acceptors (Lipinski definition) is 1. The molecule has 0 bridgehead atoms. The minimum Gasteiger partial charge on any atom is -0.322 e. The Morgan fingerprint density at radius 1 is 1.11 bits per heavy atom. The topological polar surface area (TPSA) is 32.9 Å². The summed E-state index contributed by atoms with van der Waals surface area (Å²) in [6.07, 6.45) is -4.62. The number of aromatic amines is 1. The van der Waals surface area contributed by atoms with Crippen molar-refractivity contribution in [3.05, 3.63) is 57.6 Å². The van der Waals surface area contributed by atoms with E-state index < -0.39 is 23.1 Å². The summed E-state index contributed by atoms with van der Waals surface area (Å²) in [6.45, 7) is 1.54. The van der Waals surface area contributed by atoms with Gasteiger partial charge in [0.2, 0.25) is 5.56 Å². The number of pyridine rings is 1. The third kappa shape index (κ3) is 2.83. The van der Waals surface area contributed by atoms with Crippen LogP contribution in [0.1, 0.15) is 11.1 Å². The van der Waals surface area contributed by atoms with Crippen LogP contribution in [0.3, 0.4) is 0 Å². The van der Waals surface area contributed by atoms with Gasteiger partial charge in [-0.25, -0.2) is 4.39 Å². The molecule has 1 heterocycles. The summed E-state index contributed by atoms with van der Waals surface area (Å²) in [6, 6.07) is 5.22. The van der Waals surface area contributed by atoms with Crippen molar-refractivity contribution in [1.29, 1.82) is 0 Å². The fourth-order valence-electron chi connectivity index (χ4n) is 1.62. The number of halogens is 4. The Labute approximate surface area is 105 Å². The maximum Gasteiger partial charge on any atom is 0.416 e. The third-order valence-electron chi connectivity index (χ3n) is 2.65. The zero-order valence-electron chi connectivity index (χ0n) is 9.81. The summed E-state index contributed by atoms with van der Waals surface area (Å²) < 4.78 is 51.1. The van der Waals surface area contributed by atoms with Gasteiger partial charge in [0.25, 0.3) is 0 Å². The van der Waals surface area contributed by atoms with Crippen molar-refractivity contribution in [2.75, 3.05) is 0 Å². The van der Waals surface area contributed by atoms with Gasteiger partial charge in [-0.15, -0.1) is 0 Å². The van der Waals surface area contributed by atoms with Crippen LogP contribution in [0, 0.1) is 12.7 Å². The molecule has 0 aliphatic heterocycles. The summed E-state index contributed by atoms with van der Waals surface area (Å²) >= 11 is 0. The molecule has 0 unspecified atom stereocenters. The van der Waals surface area contributed by atoms with Gasteiger partial charge in [-0.3, -0.25) is 4.79 Å². The summed E-state index contributed by atoms with van der Waals surface area (Å²) in [5.74, 6) is -0.546. The van der Waals surface area contributed by atoms with Crippen molar-refractivity contribution in [3.8, 4) is 11.3 Å². The summed E-state index contributed by atoms with van der Waals surface area (Å²) in [4.78, 5) is 13.5. The van der Waals surface area contributed by atoms with E-state index in [9.17, 15) is 22.4 Å². The predicted octanol–water partition coefficient (Wildman–Crippen LogP) is 3.51. The molecule has 0 saturated heterocycles. The first kappa shape index (κ1) is 13.3. The van der Waals surface area contributed by atoms with E-state index in [-0.39, 0.29) is 11.3 Å². The first-order chi connectivity index (χ1) is 8.77. The Kier molecular flexibility index (Phi) is 3.18. The molecular weight excluding hydrogens is 262 g/mol. The number of alkyl halides is 3. The molecule has 0 amide bonds. The molecule has 0 fully saturated rings. The van der Waals surface area contributed by atoms with E-state index in [1.54, 1.807) is 0 Å². The van der Waals surface area contributed by atoms with Crippen LogP contribution in [-0.2, 0) is 6.18 Å². The molecule has 1 N–H and O–H groups in total. The second-order valence-corrected chi connectivity index (χ2v) is 4.11. The van der Waals surface area contributed by atoms with Crippen LogP contribution in [0.5, 0.6) is 0 Å². The maximum atomic E-state index is 13.4. The van der Waals surface area contributed by atoms with Crippen LogP contribution >= 0.6 is 0 Å². The van der Waals surface area contributed by atoms with Crippen LogP contribution in [0.4, 0.5) is 17.6 Å². The molecule has 1 aromatic heterocycles. The first-order valence-corrected chi connectivity index (χ1v) is 5.35. The quantitative estimate of drug-likeness (QED) is 0.791. The molecule has 0 aliphatic carbocycles. The number of rotatable bonds is 1. The maximum absolute atomic E-state index is 13.4. The molecule has 0 atom stereocenters. The third-order valence-corrected chi connectivity index (χ3v) is 2.65. The SMILES string of the molecule is Cc1ccc(-c2cc(C(F)(F)F)cc(=O)[nH]2)cc1F. The molecule has 2 rings (SSSR count). The first-order valence-electron chi connectivity index (χ1n) is 5.35. The highest BCUT2D eigenvalue weighted by molar-refractivity contribution is 5.60. The standard InChI is InChI=1S/C13H9F4NO/c1-7-2-3-8(4-10(7)14)11-5-9(13(15,16)17)6-12(19)18-11/h2-6H,1H3,(H,18,19). The van der Waals surface area contributed by atoms with E-state index >= 15 is 0 Å². The van der Waals surface area contributed by atoms with Gasteiger partial charge in [0.15, 0.2) is 0 Å². The fourth-order valence-corrected chi connectivity index (χ4v) is 1.62. The van der Waals surface area contributed by atoms with Crippen LogP contribution in [0.25, 0.3) is 11.3 Å². The Bertz CT molecular complexity index is 673. The van der Waals surface area contributed by atoms with E-state index in [1.165, 1.54) is 19.1 Å². The summed E-state index contributed by atoms with van der Waals surface area (Å²) in [5.41, 5.74) is -1.46. The van der Waals surface area contributed by atoms with Gasteiger partial charge in [0.1, 0.15) is 5.82 Å². The van der Waals surface area contributed by atoms with Gasteiger partial charge in [-0.2, -0.15) is 13.2 Å². The van der Waals surface area contributed by atoms with Crippen LogP contribution < -0.4 is 5.56 Å². The lowest BCUT2D eigenvalue weighted by Crippen LogP contribution is -2.13. The minimum atomic E-state index is -4.62. The van der Waals surface area contributed by atoms with Crippen LogP contribution in [0.2, 0.25) is 0 Å². The molecule has 0 spiro atoms. The van der Waals surface area contributed by atoms with Crippen LogP contribution in [-0.4, -0.2) is 4.98 Å². The highest BCUT2D eigenvalue weighted by Gasteiger charge is 2.31. The van der Waals surface area contributed by atoms with Gasteiger partial charge in [0, 0.05) is 17.3 Å². The highest BCUT2D eigenvalue weighted by Crippen LogP contribution is 2.30. The van der Waals surface area contributed by atoms with E-state index in [4.69, 9.17) is 0 Å². The highest BCUT2D eigenvalue weighted by atomic mass is 19.4. The normalized spacial score (nSPS) is 11.6. The zero-order valence-corrected chi connectivity index (χ0v) is 9.81. The lowest BCUT2D eigenvalue weighted by molar-refractivity contribution is -0.137. The number of H-pyrrole nitrogens is 1. The van der Waals surface area contributed by atoms with Crippen molar-refractivity contribution in [2.45, 2.75) is 13.1 Å². The molecule has 0 radical (unpaired) electrons. The number of hydrogen-bond donors (Lipinski definition) is 1. The van der Waals surface area contributed by atoms with Gasteiger partial charge in [-0.05, 0) is 24.6 Å². The van der Waals surface area contributed by atoms with Gasteiger partial charge in [-0.1, -0.05) is 12.1 Å². The Morgan fingerprint density at radius 2 is 1.79 bits per heavy atom. The molecule has 2 aromatic rings. The summed E-state index contributed by atoms with van der Waals surface area (Å²) in [7, 11) is 0. The van der Waals surface area contributed by atoms with Gasteiger partial charge in [0.05, 0.1) is 5.56 Å². The molecule has 0 saturated carbocycles. The molecular formula is C13H9F4NO. The second kappa shape index (κ2) is 4.53. The lowest BCUT2D eigenvalue weighted by atomic mass is 10.1.